The van der Waals surface area contributed by atoms with Crippen LogP contribution in [-0.2, 0) is 10.2 Å². The first kappa shape index (κ1) is 15.6. The molecule has 0 aromatic heterocycles. The summed E-state index contributed by atoms with van der Waals surface area (Å²) in [5, 5.41) is 5.87. The Hall–Kier alpha value is -1.42. The van der Waals surface area contributed by atoms with Crippen LogP contribution in [0, 0.1) is 12.7 Å². The van der Waals surface area contributed by atoms with Gasteiger partial charge in [0, 0.05) is 12.0 Å². The fourth-order valence-corrected chi connectivity index (χ4v) is 1.79. The summed E-state index contributed by atoms with van der Waals surface area (Å²) >= 11 is 0. The number of carbonyl (C=O) groups is 1. The fourth-order valence-electron chi connectivity index (χ4n) is 1.79. The van der Waals surface area contributed by atoms with Crippen molar-refractivity contribution in [3.05, 3.63) is 35.1 Å². The summed E-state index contributed by atoms with van der Waals surface area (Å²) in [6.45, 7) is 9.41. The Morgan fingerprint density at radius 3 is 2.63 bits per heavy atom. The number of hydrogen-bond acceptors (Lipinski definition) is 2. The van der Waals surface area contributed by atoms with Gasteiger partial charge in [-0.15, -0.1) is 0 Å². The number of nitrogens with one attached hydrogen (secondary N) is 2. The van der Waals surface area contributed by atoms with Crippen LogP contribution in [0.4, 0.5) is 4.39 Å². The zero-order valence-electron chi connectivity index (χ0n) is 12.1. The Bertz CT molecular complexity index is 444. The summed E-state index contributed by atoms with van der Waals surface area (Å²) in [6.07, 6.45) is 0. The van der Waals surface area contributed by atoms with Crippen molar-refractivity contribution < 1.29 is 9.18 Å². The van der Waals surface area contributed by atoms with Gasteiger partial charge < -0.3 is 10.6 Å². The van der Waals surface area contributed by atoms with Crippen molar-refractivity contribution in [2.45, 2.75) is 33.1 Å². The molecule has 19 heavy (non-hydrogen) atoms. The molecule has 1 rings (SSSR count). The second-order valence-electron chi connectivity index (χ2n) is 5.40. The highest BCUT2D eigenvalue weighted by Gasteiger charge is 2.22. The fraction of sp³-hybridized carbons (Fsp3) is 0.533. The van der Waals surface area contributed by atoms with Crippen LogP contribution < -0.4 is 10.6 Å². The van der Waals surface area contributed by atoms with Crippen LogP contribution in [0.25, 0.3) is 0 Å². The lowest BCUT2D eigenvalue weighted by Gasteiger charge is -2.26. The molecule has 0 heterocycles. The lowest BCUT2D eigenvalue weighted by molar-refractivity contribution is -0.120. The molecule has 0 saturated heterocycles. The first-order valence-corrected chi connectivity index (χ1v) is 6.61. The lowest BCUT2D eigenvalue weighted by atomic mass is 9.84. The van der Waals surface area contributed by atoms with E-state index in [9.17, 15) is 9.18 Å². The first-order valence-electron chi connectivity index (χ1n) is 6.61. The Balaban J connectivity index is 2.64. The SMILES string of the molecule is CCNCC(=O)NCC(C)(C)c1ccc(F)c(C)c1. The number of aryl methyl sites for hydroxylation is 1. The molecule has 0 aliphatic rings. The van der Waals surface area contributed by atoms with Gasteiger partial charge in [0.05, 0.1) is 6.54 Å². The van der Waals surface area contributed by atoms with Crippen molar-refractivity contribution in [2.24, 2.45) is 0 Å². The van der Waals surface area contributed by atoms with Gasteiger partial charge in [-0.25, -0.2) is 4.39 Å². The van der Waals surface area contributed by atoms with E-state index in [2.05, 4.69) is 10.6 Å². The van der Waals surface area contributed by atoms with Crippen molar-refractivity contribution in [1.82, 2.24) is 10.6 Å². The van der Waals surface area contributed by atoms with Gasteiger partial charge in [-0.1, -0.05) is 32.9 Å². The van der Waals surface area contributed by atoms with Crippen LogP contribution in [-0.4, -0.2) is 25.5 Å². The number of hydrogen-bond donors (Lipinski definition) is 2. The minimum atomic E-state index is -0.222. The Morgan fingerprint density at radius 2 is 2.05 bits per heavy atom. The molecular weight excluding hydrogens is 243 g/mol. The minimum Gasteiger partial charge on any atom is -0.354 e. The van der Waals surface area contributed by atoms with Gasteiger partial charge in [0.1, 0.15) is 5.82 Å². The van der Waals surface area contributed by atoms with E-state index in [1.54, 1.807) is 13.0 Å². The van der Waals surface area contributed by atoms with E-state index >= 15 is 0 Å². The number of carbonyl (C=O) groups excluding carboxylic acids is 1. The molecule has 0 saturated carbocycles. The summed E-state index contributed by atoms with van der Waals surface area (Å²) in [5.41, 5.74) is 1.43. The molecule has 0 atom stereocenters. The molecule has 0 aliphatic heterocycles. The van der Waals surface area contributed by atoms with Gasteiger partial charge >= 0.3 is 0 Å². The Kier molecular flexibility index (Phi) is 5.48. The van der Waals surface area contributed by atoms with E-state index in [1.807, 2.05) is 26.8 Å². The highest BCUT2D eigenvalue weighted by atomic mass is 19.1. The highest BCUT2D eigenvalue weighted by Crippen LogP contribution is 2.24. The number of halogens is 1. The normalized spacial score (nSPS) is 11.4. The smallest absolute Gasteiger partial charge is 0.233 e. The minimum absolute atomic E-state index is 0.0197. The average molecular weight is 266 g/mol. The molecular formula is C15H23FN2O. The van der Waals surface area contributed by atoms with E-state index in [-0.39, 0.29) is 17.1 Å². The first-order chi connectivity index (χ1) is 8.86. The third-order valence-corrected chi connectivity index (χ3v) is 3.20. The second kappa shape index (κ2) is 6.66. The van der Waals surface area contributed by atoms with E-state index in [0.717, 1.165) is 12.1 Å². The van der Waals surface area contributed by atoms with Gasteiger partial charge in [0.15, 0.2) is 0 Å². The lowest BCUT2D eigenvalue weighted by Crippen LogP contribution is -2.40. The molecule has 2 N–H and O–H groups in total. The monoisotopic (exact) mass is 266 g/mol. The summed E-state index contributed by atoms with van der Waals surface area (Å²) in [7, 11) is 0. The third kappa shape index (κ3) is 4.63. The molecule has 0 radical (unpaired) electrons. The summed E-state index contributed by atoms with van der Waals surface area (Å²) in [6, 6.07) is 5.09. The van der Waals surface area contributed by atoms with Crippen molar-refractivity contribution in [1.29, 1.82) is 0 Å². The molecule has 1 aromatic rings. The number of rotatable bonds is 6. The summed E-state index contributed by atoms with van der Waals surface area (Å²) < 4.78 is 13.3. The van der Waals surface area contributed by atoms with Gasteiger partial charge in [0.2, 0.25) is 5.91 Å². The number of amides is 1. The van der Waals surface area contributed by atoms with Gasteiger partial charge in [-0.05, 0) is 30.7 Å². The topological polar surface area (TPSA) is 41.1 Å². The predicted octanol–water partition coefficient (Wildman–Crippen LogP) is 2.14. The van der Waals surface area contributed by atoms with Crippen LogP contribution in [0.1, 0.15) is 31.9 Å². The zero-order chi connectivity index (χ0) is 14.5. The highest BCUT2D eigenvalue weighted by molar-refractivity contribution is 5.78. The average Bonchev–Trinajstić information content (AvgIpc) is 2.37. The largest absolute Gasteiger partial charge is 0.354 e. The van der Waals surface area contributed by atoms with Crippen molar-refractivity contribution >= 4 is 5.91 Å². The van der Waals surface area contributed by atoms with Crippen LogP contribution in [0.3, 0.4) is 0 Å². The van der Waals surface area contributed by atoms with Crippen LogP contribution in [0.2, 0.25) is 0 Å². The van der Waals surface area contributed by atoms with Crippen molar-refractivity contribution in [3.8, 4) is 0 Å². The van der Waals surface area contributed by atoms with Gasteiger partial charge in [-0.2, -0.15) is 0 Å². The van der Waals surface area contributed by atoms with E-state index in [1.165, 1.54) is 6.07 Å². The molecule has 3 nitrogen and oxygen atoms in total. The van der Waals surface area contributed by atoms with Gasteiger partial charge in [-0.3, -0.25) is 4.79 Å². The maximum Gasteiger partial charge on any atom is 0.233 e. The standard InChI is InChI=1S/C15H23FN2O/c1-5-17-9-14(19)18-10-15(3,4)12-6-7-13(16)11(2)8-12/h6-8,17H,5,9-10H2,1-4H3,(H,18,19). The summed E-state index contributed by atoms with van der Waals surface area (Å²) in [5.74, 6) is -0.218. The van der Waals surface area contributed by atoms with E-state index in [0.29, 0.717) is 18.7 Å². The molecule has 0 spiro atoms. The quantitative estimate of drug-likeness (QED) is 0.828. The Labute approximate surface area is 114 Å². The summed E-state index contributed by atoms with van der Waals surface area (Å²) in [4.78, 5) is 11.6. The molecule has 0 fully saturated rings. The third-order valence-electron chi connectivity index (χ3n) is 3.20. The number of likely N-dealkylation sites (N-methyl/N-ethyl adjacent to an activating group) is 1. The maximum absolute atomic E-state index is 13.3. The van der Waals surface area contributed by atoms with Crippen LogP contribution >= 0.6 is 0 Å². The molecule has 0 bridgehead atoms. The molecule has 4 heteroatoms. The van der Waals surface area contributed by atoms with Crippen LogP contribution in [0.5, 0.6) is 0 Å². The van der Waals surface area contributed by atoms with Crippen LogP contribution in [0.15, 0.2) is 18.2 Å². The molecule has 0 unspecified atom stereocenters. The van der Waals surface area contributed by atoms with E-state index in [4.69, 9.17) is 0 Å². The second-order valence-corrected chi connectivity index (χ2v) is 5.40. The predicted molar refractivity (Wildman–Crippen MR) is 75.7 cm³/mol. The zero-order valence-corrected chi connectivity index (χ0v) is 12.1. The van der Waals surface area contributed by atoms with Gasteiger partial charge in [0.25, 0.3) is 0 Å². The van der Waals surface area contributed by atoms with Crippen molar-refractivity contribution in [2.75, 3.05) is 19.6 Å². The van der Waals surface area contributed by atoms with E-state index < -0.39 is 0 Å². The molecule has 1 amide bonds. The molecule has 1 aromatic carbocycles. The maximum atomic E-state index is 13.3. The Morgan fingerprint density at radius 1 is 1.37 bits per heavy atom. The number of benzene rings is 1. The molecule has 106 valence electrons. The van der Waals surface area contributed by atoms with Crippen molar-refractivity contribution in [3.63, 3.8) is 0 Å². The molecule has 0 aliphatic carbocycles.